The van der Waals surface area contributed by atoms with Crippen LogP contribution >= 0.6 is 0 Å². The Hall–Kier alpha value is -2.92. The molecule has 12 heteroatoms. The van der Waals surface area contributed by atoms with Crippen LogP contribution in [0.1, 0.15) is 156 Å². The van der Waals surface area contributed by atoms with Gasteiger partial charge in [0.05, 0.1) is 13.2 Å². The molecule has 0 saturated heterocycles. The highest BCUT2D eigenvalue weighted by atomic mass is 16.8. The molecule has 1 aliphatic rings. The fourth-order valence-electron chi connectivity index (χ4n) is 5.88. The highest BCUT2D eigenvalue weighted by Gasteiger charge is 2.46. The summed E-state index contributed by atoms with van der Waals surface area (Å²) in [5, 5.41) is 18.3. The van der Waals surface area contributed by atoms with Crippen LogP contribution in [-0.2, 0) is 28.4 Å². The van der Waals surface area contributed by atoms with Gasteiger partial charge in [-0.1, -0.05) is 130 Å². The van der Waals surface area contributed by atoms with Crippen molar-refractivity contribution in [3.63, 3.8) is 0 Å². The Bertz CT molecular complexity index is 807. The molecule has 1 fully saturated rings. The van der Waals surface area contributed by atoms with Crippen molar-refractivity contribution in [1.82, 2.24) is 0 Å². The predicted molar refractivity (Wildman–Crippen MR) is 180 cm³/mol. The first-order chi connectivity index (χ1) is 23.0. The van der Waals surface area contributed by atoms with Crippen molar-refractivity contribution in [2.75, 3.05) is 13.2 Å². The molecule has 280 valence electrons. The lowest BCUT2D eigenvalue weighted by Gasteiger charge is -2.37. The summed E-state index contributed by atoms with van der Waals surface area (Å²) in [6, 6.07) is 0. The lowest BCUT2D eigenvalue weighted by molar-refractivity contribution is -0.139. The van der Waals surface area contributed by atoms with Gasteiger partial charge in [-0.2, -0.15) is 0 Å². The van der Waals surface area contributed by atoms with E-state index < -0.39 is 49.0 Å². The third-order valence-electron chi connectivity index (χ3n) is 8.55. The number of unbranched alkanes of at least 4 members (excludes halogenated alkanes) is 14. The summed E-state index contributed by atoms with van der Waals surface area (Å²) in [5.41, 5.74) is 0. The van der Waals surface area contributed by atoms with E-state index in [0.717, 1.165) is 50.4 Å². The van der Waals surface area contributed by atoms with Crippen LogP contribution in [0.2, 0.25) is 0 Å². The fourth-order valence-corrected chi connectivity index (χ4v) is 5.88. The summed E-state index contributed by atoms with van der Waals surface area (Å²) in [7, 11) is 0. The summed E-state index contributed by atoms with van der Waals surface area (Å²) >= 11 is 0. The summed E-state index contributed by atoms with van der Waals surface area (Å²) in [4.78, 5) is 47.5. The lowest BCUT2D eigenvalue weighted by Crippen LogP contribution is -2.51. The van der Waals surface area contributed by atoms with Crippen molar-refractivity contribution in [2.24, 2.45) is 11.8 Å². The second-order valence-electron chi connectivity index (χ2n) is 13.8. The number of carboxylic acid groups (broad SMARTS) is 2. The Morgan fingerprint density at radius 3 is 1.02 bits per heavy atom. The summed E-state index contributed by atoms with van der Waals surface area (Å²) in [5.74, 6) is 1.50. The molecule has 48 heavy (non-hydrogen) atoms. The Kier molecular flexibility index (Phi) is 24.2. The molecule has 0 aromatic heterocycles. The largest absolute Gasteiger partial charge is 0.508 e. The molecule has 0 heterocycles. The average molecular weight is 689 g/mol. The molecule has 1 saturated carbocycles. The van der Waals surface area contributed by atoms with Crippen molar-refractivity contribution < 1.29 is 57.8 Å². The standard InChI is InChI=1S/C36H64O12/c1-27(2)21-17-13-9-5-7-11-15-19-23-43-35(41)47-31-25-29(45-33(37)38)30(46-34(39)40)26-32(31)48-36(42)44-24-20-16-12-8-6-10-14-18-22-28(3)4/h27-32H,5-26H2,1-4H3,(H,37,38)(H,39,40). The highest BCUT2D eigenvalue weighted by molar-refractivity contribution is 5.62. The second kappa shape index (κ2) is 27.0. The van der Waals surface area contributed by atoms with E-state index in [1.54, 1.807) is 0 Å². The van der Waals surface area contributed by atoms with E-state index >= 15 is 0 Å². The number of rotatable bonds is 26. The number of carbonyl (C=O) groups is 4. The first-order valence-corrected chi connectivity index (χ1v) is 18.4. The van der Waals surface area contributed by atoms with Gasteiger partial charge in [0.25, 0.3) is 0 Å². The minimum atomic E-state index is -1.65. The van der Waals surface area contributed by atoms with E-state index in [4.69, 9.17) is 38.6 Å². The van der Waals surface area contributed by atoms with Gasteiger partial charge in [-0.3, -0.25) is 0 Å². The van der Waals surface area contributed by atoms with E-state index in [2.05, 4.69) is 27.7 Å². The SMILES string of the molecule is CC(C)CCCCCCCCCCOC(=O)OC1CC(OC(=O)O)C(OC(=O)O)CC1OC(=O)OCCCCCCCCCCC(C)C. The smallest absolute Gasteiger partial charge is 0.450 e. The third kappa shape index (κ3) is 23.4. The molecule has 4 unspecified atom stereocenters. The Labute approximate surface area is 287 Å². The normalized spacial score (nSPS) is 19.1. The maximum atomic E-state index is 12.5. The fraction of sp³-hybridized carbons (Fsp3) is 0.889. The second-order valence-corrected chi connectivity index (χ2v) is 13.8. The van der Waals surface area contributed by atoms with E-state index in [9.17, 15) is 19.2 Å². The monoisotopic (exact) mass is 688 g/mol. The quantitative estimate of drug-likeness (QED) is 0.0502. The Morgan fingerprint density at radius 2 is 0.729 bits per heavy atom. The van der Waals surface area contributed by atoms with E-state index in [0.29, 0.717) is 12.8 Å². The molecule has 0 bridgehead atoms. The molecule has 12 nitrogen and oxygen atoms in total. The van der Waals surface area contributed by atoms with Gasteiger partial charge in [0, 0.05) is 12.8 Å². The molecule has 0 aromatic rings. The minimum Gasteiger partial charge on any atom is -0.450 e. The van der Waals surface area contributed by atoms with Gasteiger partial charge in [0.1, 0.15) is 24.4 Å². The maximum Gasteiger partial charge on any atom is 0.508 e. The average Bonchev–Trinajstić information content (AvgIpc) is 2.99. The van der Waals surface area contributed by atoms with Crippen molar-refractivity contribution in [2.45, 2.75) is 181 Å². The molecule has 4 atom stereocenters. The van der Waals surface area contributed by atoms with Crippen LogP contribution in [0.5, 0.6) is 0 Å². The molecule has 0 amide bonds. The number of ether oxygens (including phenoxy) is 6. The zero-order valence-corrected chi connectivity index (χ0v) is 30.0. The highest BCUT2D eigenvalue weighted by Crippen LogP contribution is 2.30. The van der Waals surface area contributed by atoms with E-state index in [-0.39, 0.29) is 26.1 Å². The van der Waals surface area contributed by atoms with Crippen molar-refractivity contribution >= 4 is 24.6 Å². The summed E-state index contributed by atoms with van der Waals surface area (Å²) in [6.45, 7) is 9.26. The van der Waals surface area contributed by atoms with Crippen LogP contribution in [0, 0.1) is 11.8 Å². The molecular weight excluding hydrogens is 624 g/mol. The number of hydrogen-bond donors (Lipinski definition) is 2. The van der Waals surface area contributed by atoms with Crippen LogP contribution in [0.25, 0.3) is 0 Å². The van der Waals surface area contributed by atoms with Crippen molar-refractivity contribution in [3.8, 4) is 0 Å². The van der Waals surface area contributed by atoms with Gasteiger partial charge >= 0.3 is 24.6 Å². The number of hydrogen-bond acceptors (Lipinski definition) is 10. The zero-order chi connectivity index (χ0) is 35.6. The maximum absolute atomic E-state index is 12.5. The molecule has 2 N–H and O–H groups in total. The molecule has 0 spiro atoms. The molecule has 1 aliphatic carbocycles. The molecule has 0 aromatic carbocycles. The summed E-state index contributed by atoms with van der Waals surface area (Å²) < 4.78 is 30.9. The minimum absolute atomic E-state index is 0.144. The molecule has 0 radical (unpaired) electrons. The Balaban J connectivity index is 2.47. The van der Waals surface area contributed by atoms with Crippen LogP contribution in [0.3, 0.4) is 0 Å². The van der Waals surface area contributed by atoms with Gasteiger partial charge < -0.3 is 38.6 Å². The lowest BCUT2D eigenvalue weighted by atomic mass is 9.89. The van der Waals surface area contributed by atoms with Gasteiger partial charge in [0.2, 0.25) is 0 Å². The van der Waals surface area contributed by atoms with Crippen LogP contribution in [0.15, 0.2) is 0 Å². The molecular formula is C36H64O12. The molecule has 0 aliphatic heterocycles. The van der Waals surface area contributed by atoms with Crippen molar-refractivity contribution in [1.29, 1.82) is 0 Å². The first kappa shape index (κ1) is 43.1. The van der Waals surface area contributed by atoms with Gasteiger partial charge in [-0.15, -0.1) is 0 Å². The first-order valence-electron chi connectivity index (χ1n) is 18.4. The Morgan fingerprint density at radius 1 is 0.458 bits per heavy atom. The van der Waals surface area contributed by atoms with E-state index in [1.807, 2.05) is 0 Å². The van der Waals surface area contributed by atoms with Crippen LogP contribution < -0.4 is 0 Å². The van der Waals surface area contributed by atoms with Gasteiger partial charge in [-0.05, 0) is 24.7 Å². The predicted octanol–water partition coefficient (Wildman–Crippen LogP) is 10.3. The summed E-state index contributed by atoms with van der Waals surface area (Å²) in [6.07, 6.45) is 9.14. The topological polar surface area (TPSA) is 164 Å². The third-order valence-corrected chi connectivity index (χ3v) is 8.55. The van der Waals surface area contributed by atoms with Crippen molar-refractivity contribution in [3.05, 3.63) is 0 Å². The van der Waals surface area contributed by atoms with Gasteiger partial charge in [-0.25, -0.2) is 19.2 Å². The van der Waals surface area contributed by atoms with E-state index in [1.165, 1.54) is 64.2 Å². The van der Waals surface area contributed by atoms with Crippen LogP contribution in [0.4, 0.5) is 19.2 Å². The van der Waals surface area contributed by atoms with Gasteiger partial charge in [0.15, 0.2) is 0 Å². The zero-order valence-electron chi connectivity index (χ0n) is 30.0. The number of carbonyl (C=O) groups excluding carboxylic acids is 2. The van der Waals surface area contributed by atoms with Crippen LogP contribution in [-0.4, -0.2) is 72.5 Å². The molecule has 1 rings (SSSR count).